The number of carbonyl (C=O) groups is 1. The van der Waals surface area contributed by atoms with E-state index in [4.69, 9.17) is 10.00 Å². The van der Waals surface area contributed by atoms with Crippen molar-refractivity contribution < 1.29 is 9.53 Å². The minimum atomic E-state index is -0.126. The maximum Gasteiger partial charge on any atom is 0.251 e. The number of amides is 1. The maximum absolute atomic E-state index is 12.4. The average molecular weight is 335 g/mol. The zero-order valence-electron chi connectivity index (χ0n) is 14.0. The molecule has 0 aliphatic carbocycles. The molecule has 2 aromatic carbocycles. The first-order chi connectivity index (χ1) is 12.3. The standard InChI is InChI=1S/C20H21N3O2/c21-14-16-6-8-18(9-7-16)20(24)22-15-19(17-4-2-1-3-5-17)23-10-12-25-13-11-23/h1-9,19H,10-13,15H2,(H,22,24). The van der Waals surface area contributed by atoms with Gasteiger partial charge in [0.1, 0.15) is 0 Å². The van der Waals surface area contributed by atoms with Crippen LogP contribution in [0.25, 0.3) is 0 Å². The number of rotatable bonds is 5. The van der Waals surface area contributed by atoms with Crippen LogP contribution in [0.1, 0.15) is 27.5 Å². The summed E-state index contributed by atoms with van der Waals surface area (Å²) in [4.78, 5) is 14.8. The highest BCUT2D eigenvalue weighted by Gasteiger charge is 2.23. The normalized spacial score (nSPS) is 16.0. The summed E-state index contributed by atoms with van der Waals surface area (Å²) in [5.74, 6) is -0.126. The molecule has 1 fully saturated rings. The van der Waals surface area contributed by atoms with Gasteiger partial charge in [-0.1, -0.05) is 30.3 Å². The van der Waals surface area contributed by atoms with Crippen LogP contribution in [-0.4, -0.2) is 43.7 Å². The third-order valence-corrected chi connectivity index (χ3v) is 4.40. The number of nitriles is 1. The number of nitrogens with one attached hydrogen (secondary N) is 1. The highest BCUT2D eigenvalue weighted by atomic mass is 16.5. The van der Waals surface area contributed by atoms with E-state index < -0.39 is 0 Å². The topological polar surface area (TPSA) is 65.4 Å². The van der Waals surface area contributed by atoms with Gasteiger partial charge in [-0.15, -0.1) is 0 Å². The molecule has 5 nitrogen and oxygen atoms in total. The Balaban J connectivity index is 1.69. The second-order valence-corrected chi connectivity index (χ2v) is 5.97. The minimum Gasteiger partial charge on any atom is -0.379 e. The minimum absolute atomic E-state index is 0.118. The van der Waals surface area contributed by atoms with Crippen molar-refractivity contribution >= 4 is 5.91 Å². The number of carbonyl (C=O) groups excluding carboxylic acids is 1. The van der Waals surface area contributed by atoms with E-state index in [1.54, 1.807) is 24.3 Å². The van der Waals surface area contributed by atoms with E-state index >= 15 is 0 Å². The molecule has 1 atom stereocenters. The lowest BCUT2D eigenvalue weighted by Crippen LogP contribution is -2.43. The molecule has 1 heterocycles. The number of ether oxygens (including phenoxy) is 1. The Kier molecular flexibility index (Phi) is 5.78. The van der Waals surface area contributed by atoms with Crippen LogP contribution < -0.4 is 5.32 Å². The molecule has 1 aliphatic heterocycles. The van der Waals surface area contributed by atoms with Crippen molar-refractivity contribution in [1.82, 2.24) is 10.2 Å². The summed E-state index contributed by atoms with van der Waals surface area (Å²) in [7, 11) is 0. The van der Waals surface area contributed by atoms with Gasteiger partial charge in [-0.3, -0.25) is 9.69 Å². The molecule has 128 valence electrons. The molecule has 1 unspecified atom stereocenters. The lowest BCUT2D eigenvalue weighted by Gasteiger charge is -2.35. The molecule has 1 N–H and O–H groups in total. The highest BCUT2D eigenvalue weighted by Crippen LogP contribution is 2.21. The smallest absolute Gasteiger partial charge is 0.251 e. The molecular formula is C20H21N3O2. The first-order valence-electron chi connectivity index (χ1n) is 8.43. The molecule has 0 bridgehead atoms. The molecule has 5 heteroatoms. The van der Waals surface area contributed by atoms with E-state index in [0.29, 0.717) is 30.9 Å². The first kappa shape index (κ1) is 17.2. The molecule has 3 rings (SSSR count). The molecule has 0 saturated carbocycles. The van der Waals surface area contributed by atoms with E-state index in [9.17, 15) is 4.79 Å². The SMILES string of the molecule is N#Cc1ccc(C(=O)NCC(c2ccccc2)N2CCOCC2)cc1. The Morgan fingerprint density at radius 2 is 1.80 bits per heavy atom. The second kappa shape index (κ2) is 8.43. The fourth-order valence-electron chi connectivity index (χ4n) is 3.01. The van der Waals surface area contributed by atoms with E-state index in [0.717, 1.165) is 13.1 Å². The van der Waals surface area contributed by atoms with Crippen LogP contribution in [0.5, 0.6) is 0 Å². The Morgan fingerprint density at radius 3 is 2.44 bits per heavy atom. The van der Waals surface area contributed by atoms with Crippen LogP contribution in [0.3, 0.4) is 0 Å². The summed E-state index contributed by atoms with van der Waals surface area (Å²) in [6.45, 7) is 3.67. The first-order valence-corrected chi connectivity index (χ1v) is 8.43. The summed E-state index contributed by atoms with van der Waals surface area (Å²) in [6.07, 6.45) is 0. The largest absolute Gasteiger partial charge is 0.379 e. The number of hydrogen-bond donors (Lipinski definition) is 1. The molecule has 1 aliphatic rings. The Hall–Kier alpha value is -2.68. The van der Waals surface area contributed by atoms with Crippen molar-refractivity contribution in [2.24, 2.45) is 0 Å². The van der Waals surface area contributed by atoms with Gasteiger partial charge in [0.25, 0.3) is 5.91 Å². The second-order valence-electron chi connectivity index (χ2n) is 5.97. The Labute approximate surface area is 147 Å². The molecular weight excluding hydrogens is 314 g/mol. The fourth-order valence-corrected chi connectivity index (χ4v) is 3.01. The van der Waals surface area contributed by atoms with Crippen LogP contribution in [0.15, 0.2) is 54.6 Å². The van der Waals surface area contributed by atoms with Crippen molar-refractivity contribution in [1.29, 1.82) is 5.26 Å². The molecule has 1 saturated heterocycles. The fraction of sp³-hybridized carbons (Fsp3) is 0.300. The van der Waals surface area contributed by atoms with Crippen LogP contribution >= 0.6 is 0 Å². The van der Waals surface area contributed by atoms with Crippen molar-refractivity contribution in [3.8, 4) is 6.07 Å². The average Bonchev–Trinajstić information content (AvgIpc) is 2.70. The predicted molar refractivity (Wildman–Crippen MR) is 95.1 cm³/mol. The lowest BCUT2D eigenvalue weighted by molar-refractivity contribution is 0.0162. The van der Waals surface area contributed by atoms with Crippen LogP contribution in [0.2, 0.25) is 0 Å². The number of nitrogens with zero attached hydrogens (tertiary/aromatic N) is 2. The molecule has 1 amide bonds. The van der Waals surface area contributed by atoms with Crippen LogP contribution in [0.4, 0.5) is 0 Å². The van der Waals surface area contributed by atoms with E-state index in [1.807, 2.05) is 18.2 Å². The van der Waals surface area contributed by atoms with Gasteiger partial charge >= 0.3 is 0 Å². The molecule has 2 aromatic rings. The molecule has 25 heavy (non-hydrogen) atoms. The summed E-state index contributed by atoms with van der Waals surface area (Å²) >= 11 is 0. The van der Waals surface area contributed by atoms with Crippen molar-refractivity contribution in [3.05, 3.63) is 71.3 Å². The quantitative estimate of drug-likeness (QED) is 0.911. The highest BCUT2D eigenvalue weighted by molar-refractivity contribution is 5.94. The summed E-state index contributed by atoms with van der Waals surface area (Å²) < 4.78 is 5.45. The van der Waals surface area contributed by atoms with Gasteiger partial charge in [0.2, 0.25) is 0 Å². The number of hydrogen-bond acceptors (Lipinski definition) is 4. The van der Waals surface area contributed by atoms with Gasteiger partial charge in [-0.05, 0) is 29.8 Å². The van der Waals surface area contributed by atoms with E-state index in [1.165, 1.54) is 5.56 Å². The zero-order valence-corrected chi connectivity index (χ0v) is 14.0. The molecule has 0 aromatic heterocycles. The van der Waals surface area contributed by atoms with Gasteiger partial charge in [-0.25, -0.2) is 0 Å². The maximum atomic E-state index is 12.4. The monoisotopic (exact) mass is 335 g/mol. The van der Waals surface area contributed by atoms with E-state index in [-0.39, 0.29) is 11.9 Å². The predicted octanol–water partition coefficient (Wildman–Crippen LogP) is 2.36. The van der Waals surface area contributed by atoms with Crippen LogP contribution in [-0.2, 0) is 4.74 Å². The van der Waals surface area contributed by atoms with Crippen molar-refractivity contribution in [2.75, 3.05) is 32.8 Å². The third kappa shape index (κ3) is 4.44. The van der Waals surface area contributed by atoms with Gasteiger partial charge in [0.05, 0.1) is 30.9 Å². The van der Waals surface area contributed by atoms with Crippen LogP contribution in [0, 0.1) is 11.3 Å². The number of benzene rings is 2. The van der Waals surface area contributed by atoms with Gasteiger partial charge in [0, 0.05) is 25.2 Å². The zero-order chi connectivity index (χ0) is 17.5. The number of morpholine rings is 1. The Bertz CT molecular complexity index is 732. The summed E-state index contributed by atoms with van der Waals surface area (Å²) in [5, 5.41) is 11.9. The third-order valence-electron chi connectivity index (χ3n) is 4.40. The van der Waals surface area contributed by atoms with Gasteiger partial charge in [0.15, 0.2) is 0 Å². The van der Waals surface area contributed by atoms with Gasteiger partial charge in [-0.2, -0.15) is 5.26 Å². The Morgan fingerprint density at radius 1 is 1.12 bits per heavy atom. The van der Waals surface area contributed by atoms with Crippen molar-refractivity contribution in [3.63, 3.8) is 0 Å². The van der Waals surface area contributed by atoms with Crippen molar-refractivity contribution in [2.45, 2.75) is 6.04 Å². The molecule has 0 radical (unpaired) electrons. The lowest BCUT2D eigenvalue weighted by atomic mass is 10.0. The van der Waals surface area contributed by atoms with E-state index in [2.05, 4.69) is 28.4 Å². The molecule has 0 spiro atoms. The van der Waals surface area contributed by atoms with Gasteiger partial charge < -0.3 is 10.1 Å². The summed E-state index contributed by atoms with van der Waals surface area (Å²) in [6, 6.07) is 19.1. The summed E-state index contributed by atoms with van der Waals surface area (Å²) in [5.41, 5.74) is 2.30.